The Morgan fingerprint density at radius 1 is 0.923 bits per heavy atom. The number of nitrogens with one attached hydrogen (secondary N) is 1. The number of carbonyl (C=O) groups excluding carboxylic acids is 1. The van der Waals surface area contributed by atoms with E-state index in [0.717, 1.165) is 53.2 Å². The topological polar surface area (TPSA) is 82.0 Å². The van der Waals surface area contributed by atoms with Gasteiger partial charge in [0.25, 0.3) is 0 Å². The highest BCUT2D eigenvalue weighted by Gasteiger charge is 2.39. The number of aromatic carboxylic acids is 1. The fourth-order valence-corrected chi connectivity index (χ4v) is 5.80. The number of carbonyl (C=O) groups is 2. The molecule has 6 heteroatoms. The fourth-order valence-electron chi connectivity index (χ4n) is 5.80. The van der Waals surface area contributed by atoms with E-state index in [0.29, 0.717) is 12.1 Å². The first-order chi connectivity index (χ1) is 18.4. The van der Waals surface area contributed by atoms with Crippen molar-refractivity contribution in [1.29, 1.82) is 0 Å². The number of aliphatic imine (C=N–C) groups is 1. The lowest BCUT2D eigenvalue weighted by Crippen LogP contribution is -2.34. The lowest BCUT2D eigenvalue weighted by atomic mass is 9.62. The van der Waals surface area contributed by atoms with Gasteiger partial charge in [-0.1, -0.05) is 46.8 Å². The van der Waals surface area contributed by atoms with Gasteiger partial charge in [-0.05, 0) is 83.7 Å². The molecule has 0 spiro atoms. The van der Waals surface area contributed by atoms with Gasteiger partial charge < -0.3 is 15.3 Å². The summed E-state index contributed by atoms with van der Waals surface area (Å²) in [6, 6.07) is 17.4. The van der Waals surface area contributed by atoms with Crippen LogP contribution in [0.4, 0.5) is 22.7 Å². The van der Waals surface area contributed by atoms with E-state index in [2.05, 4.69) is 57.1 Å². The molecule has 0 fully saturated rings. The number of hydrogen-bond acceptors (Lipinski definition) is 4. The summed E-state index contributed by atoms with van der Waals surface area (Å²) in [6.07, 6.45) is 3.46. The Kier molecular flexibility index (Phi) is 6.61. The molecule has 39 heavy (non-hydrogen) atoms. The van der Waals surface area contributed by atoms with Gasteiger partial charge in [0.05, 0.1) is 28.3 Å². The summed E-state index contributed by atoms with van der Waals surface area (Å²) in [4.78, 5) is 31.3. The van der Waals surface area contributed by atoms with Crippen molar-refractivity contribution in [3.63, 3.8) is 0 Å². The van der Waals surface area contributed by atoms with Crippen LogP contribution in [0.15, 0.2) is 59.6 Å². The summed E-state index contributed by atoms with van der Waals surface area (Å²) in [7, 11) is 2.06. The first-order valence-electron chi connectivity index (χ1n) is 13.7. The van der Waals surface area contributed by atoms with Crippen LogP contribution < -0.4 is 10.2 Å². The van der Waals surface area contributed by atoms with Crippen LogP contribution >= 0.6 is 0 Å². The van der Waals surface area contributed by atoms with Crippen LogP contribution in [-0.4, -0.2) is 29.7 Å². The van der Waals surface area contributed by atoms with Crippen molar-refractivity contribution >= 4 is 40.3 Å². The highest BCUT2D eigenvalue weighted by atomic mass is 16.4. The minimum Gasteiger partial charge on any atom is -0.478 e. The zero-order valence-corrected chi connectivity index (χ0v) is 23.7. The maximum Gasteiger partial charge on any atom is 0.335 e. The minimum atomic E-state index is -0.958. The monoisotopic (exact) mass is 523 g/mol. The quantitative estimate of drug-likeness (QED) is 0.359. The molecule has 0 atom stereocenters. The zero-order valence-electron chi connectivity index (χ0n) is 23.7. The average Bonchev–Trinajstić information content (AvgIpc) is 3.00. The van der Waals surface area contributed by atoms with Crippen LogP contribution in [0.1, 0.15) is 92.9 Å². The predicted molar refractivity (Wildman–Crippen MR) is 158 cm³/mol. The van der Waals surface area contributed by atoms with Gasteiger partial charge >= 0.3 is 5.97 Å². The Hall–Kier alpha value is -3.93. The number of rotatable bonds is 5. The van der Waals surface area contributed by atoms with E-state index >= 15 is 0 Å². The molecule has 6 nitrogen and oxygen atoms in total. The number of carboxylic acid groups (broad SMARTS) is 1. The highest BCUT2D eigenvalue weighted by Crippen LogP contribution is 2.50. The van der Waals surface area contributed by atoms with Crippen LogP contribution in [0.3, 0.4) is 0 Å². The second-order valence-electron chi connectivity index (χ2n) is 12.1. The Labute approximate surface area is 230 Å². The lowest BCUT2D eigenvalue weighted by molar-refractivity contribution is -0.116. The first kappa shape index (κ1) is 26.7. The van der Waals surface area contributed by atoms with Crippen LogP contribution in [0.5, 0.6) is 0 Å². The van der Waals surface area contributed by atoms with Crippen LogP contribution in [-0.2, 0) is 15.6 Å². The smallest absolute Gasteiger partial charge is 0.335 e. The van der Waals surface area contributed by atoms with Crippen molar-refractivity contribution in [3.05, 3.63) is 82.4 Å². The van der Waals surface area contributed by atoms with Gasteiger partial charge in [-0.25, -0.2) is 9.79 Å². The number of fused-ring (bicyclic) bond motifs is 3. The fraction of sp³-hybridized carbons (Fsp3) is 0.364. The summed E-state index contributed by atoms with van der Waals surface area (Å²) in [5.41, 5.74) is 9.08. The molecule has 0 unspecified atom stereocenters. The van der Waals surface area contributed by atoms with Gasteiger partial charge in [-0.2, -0.15) is 0 Å². The van der Waals surface area contributed by atoms with Crippen LogP contribution in [0, 0.1) is 0 Å². The summed E-state index contributed by atoms with van der Waals surface area (Å²) in [5, 5.41) is 12.5. The number of nitrogens with zero attached hydrogens (tertiary/aromatic N) is 2. The van der Waals surface area contributed by atoms with E-state index in [9.17, 15) is 14.7 Å². The molecular formula is C33H37N3O3. The van der Waals surface area contributed by atoms with E-state index < -0.39 is 5.97 Å². The van der Waals surface area contributed by atoms with E-state index in [-0.39, 0.29) is 22.3 Å². The average molecular weight is 524 g/mol. The van der Waals surface area contributed by atoms with E-state index in [1.165, 1.54) is 11.1 Å². The number of amides is 1. The molecule has 1 aliphatic heterocycles. The molecule has 0 aromatic heterocycles. The lowest BCUT2D eigenvalue weighted by Gasteiger charge is -2.43. The maximum atomic E-state index is 12.3. The van der Waals surface area contributed by atoms with Crippen molar-refractivity contribution in [2.24, 2.45) is 4.99 Å². The zero-order chi connectivity index (χ0) is 28.1. The van der Waals surface area contributed by atoms with Crippen molar-refractivity contribution in [1.82, 2.24) is 0 Å². The molecule has 1 heterocycles. The van der Waals surface area contributed by atoms with Crippen molar-refractivity contribution in [3.8, 4) is 0 Å². The van der Waals surface area contributed by atoms with Crippen LogP contribution in [0.2, 0.25) is 0 Å². The van der Waals surface area contributed by atoms with Crippen LogP contribution in [0.25, 0.3) is 0 Å². The summed E-state index contributed by atoms with van der Waals surface area (Å²) in [5.74, 6) is -0.978. The Balaban J connectivity index is 1.75. The molecule has 0 saturated heterocycles. The van der Waals surface area contributed by atoms with Gasteiger partial charge in [0, 0.05) is 30.3 Å². The number of benzene rings is 3. The second-order valence-corrected chi connectivity index (χ2v) is 12.1. The molecule has 3 aromatic rings. The third-order valence-corrected chi connectivity index (χ3v) is 8.32. The normalized spacial score (nSPS) is 16.8. The number of anilines is 3. The SMILES string of the molecule is CCCC(=O)Nc1ccc2c(c1)N=C(c1ccc(C(=O)O)cc1)c1cc3c(cc1N2C)C(C)(C)CCC3(C)C. The van der Waals surface area contributed by atoms with Gasteiger partial charge in [-0.3, -0.25) is 4.79 Å². The Morgan fingerprint density at radius 2 is 1.56 bits per heavy atom. The standard InChI is InChI=1S/C33H37N3O3/c1-7-8-29(37)34-22-13-14-27-26(17-22)35-30(20-9-11-21(12-10-20)31(38)39)23-18-24-25(19-28(23)36(27)6)33(4,5)16-15-32(24,2)3/h9-14,17-19H,7-8,15-16H2,1-6H3,(H,34,37)(H,38,39). The summed E-state index contributed by atoms with van der Waals surface area (Å²) >= 11 is 0. The molecular weight excluding hydrogens is 486 g/mol. The largest absolute Gasteiger partial charge is 0.478 e. The molecule has 5 rings (SSSR count). The van der Waals surface area contributed by atoms with Gasteiger partial charge in [0.1, 0.15) is 0 Å². The van der Waals surface area contributed by atoms with Crippen molar-refractivity contribution in [2.75, 3.05) is 17.3 Å². The van der Waals surface area contributed by atoms with Crippen molar-refractivity contribution < 1.29 is 14.7 Å². The number of carboxylic acids is 1. The molecule has 202 valence electrons. The van der Waals surface area contributed by atoms with E-state index in [1.54, 1.807) is 12.1 Å². The molecule has 2 aliphatic rings. The predicted octanol–water partition coefficient (Wildman–Crippen LogP) is 7.72. The van der Waals surface area contributed by atoms with E-state index in [4.69, 9.17) is 4.99 Å². The first-order valence-corrected chi connectivity index (χ1v) is 13.7. The minimum absolute atomic E-state index is 0.0201. The maximum absolute atomic E-state index is 12.3. The van der Waals surface area contributed by atoms with Gasteiger partial charge in [0.15, 0.2) is 0 Å². The van der Waals surface area contributed by atoms with Crippen molar-refractivity contribution in [2.45, 2.75) is 71.1 Å². The summed E-state index contributed by atoms with van der Waals surface area (Å²) in [6.45, 7) is 11.3. The molecule has 0 saturated carbocycles. The Morgan fingerprint density at radius 3 is 2.18 bits per heavy atom. The molecule has 1 amide bonds. The van der Waals surface area contributed by atoms with Gasteiger partial charge in [-0.15, -0.1) is 0 Å². The molecule has 3 aromatic carbocycles. The molecule has 1 aliphatic carbocycles. The third-order valence-electron chi connectivity index (χ3n) is 8.32. The number of hydrogen-bond donors (Lipinski definition) is 2. The Bertz CT molecular complexity index is 1500. The highest BCUT2D eigenvalue weighted by molar-refractivity contribution is 6.19. The molecule has 0 radical (unpaired) electrons. The molecule has 2 N–H and O–H groups in total. The van der Waals surface area contributed by atoms with Gasteiger partial charge in [0.2, 0.25) is 5.91 Å². The summed E-state index contributed by atoms with van der Waals surface area (Å²) < 4.78 is 0. The third kappa shape index (κ3) is 4.84. The second kappa shape index (κ2) is 9.67. The molecule has 0 bridgehead atoms. The van der Waals surface area contributed by atoms with E-state index in [1.807, 2.05) is 37.3 Å².